The van der Waals surface area contributed by atoms with E-state index in [2.05, 4.69) is 268 Å². The molecule has 0 saturated carbocycles. The molecule has 0 spiro atoms. The van der Waals surface area contributed by atoms with Crippen LogP contribution >= 0.6 is 0 Å². The topological polar surface area (TPSA) is 35.9 Å². The lowest BCUT2D eigenvalue weighted by Gasteiger charge is -2.29. The summed E-state index contributed by atoms with van der Waals surface area (Å²) in [6, 6.07) is 54.7. The van der Waals surface area contributed by atoms with Crippen LogP contribution in [0.3, 0.4) is 0 Å². The van der Waals surface area contributed by atoms with E-state index in [1.807, 2.05) is 6.20 Å². The Morgan fingerprint density at radius 2 is 1.04 bits per heavy atom. The third-order valence-electron chi connectivity index (χ3n) is 13.9. The molecule has 0 amide bonds. The van der Waals surface area contributed by atoms with Crippen molar-refractivity contribution >= 4 is 21.8 Å². The average molecular weight is 883 g/mol. The predicted octanol–water partition coefficient (Wildman–Crippen LogP) is 15.4. The fraction of sp³-hybridized carbons (Fsp3) is 0.290. The molecule has 9 rings (SSSR count). The van der Waals surface area contributed by atoms with Crippen LogP contribution in [0.15, 0.2) is 164 Å². The van der Waals surface area contributed by atoms with Crippen molar-refractivity contribution in [2.45, 2.75) is 117 Å². The lowest BCUT2D eigenvalue weighted by atomic mass is 9.78. The number of pyridine rings is 1. The summed E-state index contributed by atoms with van der Waals surface area (Å²) in [7, 11) is 0. The molecule has 0 N–H and O–H groups in total. The van der Waals surface area contributed by atoms with Crippen LogP contribution in [0.2, 0.25) is 0 Å². The molecule has 0 aliphatic carbocycles. The van der Waals surface area contributed by atoms with Gasteiger partial charge in [-0.2, -0.15) is 0 Å². The van der Waals surface area contributed by atoms with Crippen LogP contribution in [-0.2, 0) is 27.1 Å². The lowest BCUT2D eigenvalue weighted by molar-refractivity contribution is -0.599. The molecular formula is C62H66N4O. The average Bonchev–Trinajstić information content (AvgIpc) is 3.90. The Hall–Kier alpha value is -6.72. The van der Waals surface area contributed by atoms with Crippen molar-refractivity contribution in [3.8, 4) is 28.7 Å². The van der Waals surface area contributed by atoms with Gasteiger partial charge >= 0.3 is 0 Å². The summed E-state index contributed by atoms with van der Waals surface area (Å²) in [5, 5.41) is 2.32. The second-order valence-electron chi connectivity index (χ2n) is 22.6. The number of para-hydroxylation sites is 1. The molecule has 9 aromatic rings. The zero-order valence-electron chi connectivity index (χ0n) is 41.8. The highest BCUT2D eigenvalue weighted by molar-refractivity contribution is 6.09. The van der Waals surface area contributed by atoms with Crippen LogP contribution in [0.1, 0.15) is 129 Å². The number of rotatable bonds is 9. The molecule has 5 nitrogen and oxygen atoms in total. The number of nitrogens with zero attached hydrogens (tertiary/aromatic N) is 4. The molecule has 0 bridgehead atoms. The summed E-state index contributed by atoms with van der Waals surface area (Å²) in [6.45, 7) is 29.7. The number of fused-ring (bicyclic) bond motifs is 3. The summed E-state index contributed by atoms with van der Waals surface area (Å²) in [5.41, 5.74) is 11.8. The summed E-state index contributed by atoms with van der Waals surface area (Å²) in [4.78, 5) is 4.94. The van der Waals surface area contributed by atoms with Crippen LogP contribution < -0.4 is 9.30 Å². The SMILES string of the molecule is CC(C)(C)c1cc(-[n+]2[c-]n(-c3cc(Oc4ccc5c6ccccc6n(-c6cc(C(C)(C)C)ccn6)c5c4)cc(C(C)(C)c4ccccc4)c3)c(C(C)(C)c3ccccc3)c2)cc(C(C)(C)C)c1. The Bertz CT molecular complexity index is 3220. The zero-order chi connectivity index (χ0) is 47.7. The third-order valence-corrected chi connectivity index (χ3v) is 13.9. The lowest BCUT2D eigenvalue weighted by Crippen LogP contribution is -2.30. The van der Waals surface area contributed by atoms with Crippen molar-refractivity contribution < 1.29 is 9.30 Å². The van der Waals surface area contributed by atoms with Gasteiger partial charge in [-0.1, -0.05) is 175 Å². The summed E-state index contributed by atoms with van der Waals surface area (Å²) in [6.07, 6.45) is 8.12. The Labute approximate surface area is 398 Å². The van der Waals surface area contributed by atoms with Gasteiger partial charge in [0.15, 0.2) is 0 Å². The summed E-state index contributed by atoms with van der Waals surface area (Å²) >= 11 is 0. The number of imidazole rings is 1. The standard InChI is InChI=1S/C62H66N4O/c1-58(2,3)44-30-31-63-57(37-44)66-54-27-21-20-26-52(54)53-29-28-50(39-55(53)66)67-51-36-47(61(10,11)42-22-16-14-17-23-42)35-49(38-51)65-41-64(40-56(65)62(12,13)43-24-18-15-19-25-43)48-33-45(59(4,5)6)32-46(34-48)60(7,8)9/h14-40H,1-13H3. The molecule has 0 aliphatic rings. The second-order valence-corrected chi connectivity index (χ2v) is 22.6. The van der Waals surface area contributed by atoms with Gasteiger partial charge in [0.25, 0.3) is 6.33 Å². The van der Waals surface area contributed by atoms with Crippen LogP contribution in [0.4, 0.5) is 0 Å². The third kappa shape index (κ3) is 8.73. The van der Waals surface area contributed by atoms with E-state index in [0.29, 0.717) is 0 Å². The molecule has 5 heteroatoms. The normalized spacial score (nSPS) is 12.9. The maximum Gasteiger partial charge on any atom is 0.269 e. The molecule has 67 heavy (non-hydrogen) atoms. The zero-order valence-corrected chi connectivity index (χ0v) is 41.8. The smallest absolute Gasteiger partial charge is 0.269 e. The Balaban J connectivity index is 1.26. The monoisotopic (exact) mass is 883 g/mol. The van der Waals surface area contributed by atoms with E-state index in [0.717, 1.165) is 56.4 Å². The first-order valence-corrected chi connectivity index (χ1v) is 23.8. The van der Waals surface area contributed by atoms with E-state index in [4.69, 9.17) is 9.72 Å². The van der Waals surface area contributed by atoms with Crippen molar-refractivity contribution in [2.24, 2.45) is 0 Å². The highest BCUT2D eigenvalue weighted by Gasteiger charge is 2.31. The summed E-state index contributed by atoms with van der Waals surface area (Å²) < 4.78 is 13.9. The minimum absolute atomic E-state index is 0.0284. The first kappa shape index (κ1) is 45.4. The Morgan fingerprint density at radius 1 is 0.463 bits per heavy atom. The minimum Gasteiger partial charge on any atom is -0.458 e. The van der Waals surface area contributed by atoms with Gasteiger partial charge in [-0.15, -0.1) is 0 Å². The molecule has 0 unspecified atom stereocenters. The number of hydrogen-bond acceptors (Lipinski definition) is 2. The van der Waals surface area contributed by atoms with Crippen molar-refractivity contribution in [2.75, 3.05) is 0 Å². The van der Waals surface area contributed by atoms with E-state index in [1.54, 1.807) is 0 Å². The predicted molar refractivity (Wildman–Crippen MR) is 278 cm³/mol. The fourth-order valence-electron chi connectivity index (χ4n) is 9.32. The molecule has 340 valence electrons. The van der Waals surface area contributed by atoms with Gasteiger partial charge in [0.05, 0.1) is 28.1 Å². The number of aromatic nitrogens is 4. The fourth-order valence-corrected chi connectivity index (χ4v) is 9.32. The molecule has 0 atom stereocenters. The van der Waals surface area contributed by atoms with Crippen LogP contribution in [-0.4, -0.2) is 14.1 Å². The van der Waals surface area contributed by atoms with E-state index in [9.17, 15) is 0 Å². The Kier molecular flexibility index (Phi) is 11.2. The van der Waals surface area contributed by atoms with Crippen molar-refractivity contribution in [1.82, 2.24) is 14.1 Å². The molecule has 0 aliphatic heterocycles. The van der Waals surface area contributed by atoms with Crippen molar-refractivity contribution in [3.05, 3.63) is 209 Å². The quantitative estimate of drug-likeness (QED) is 0.107. The van der Waals surface area contributed by atoms with Gasteiger partial charge in [0, 0.05) is 40.1 Å². The van der Waals surface area contributed by atoms with E-state index >= 15 is 0 Å². The maximum atomic E-state index is 7.13. The van der Waals surface area contributed by atoms with Gasteiger partial charge < -0.3 is 4.74 Å². The van der Waals surface area contributed by atoms with E-state index < -0.39 is 5.41 Å². The molecule has 0 fully saturated rings. The first-order chi connectivity index (χ1) is 31.6. The highest BCUT2D eigenvalue weighted by atomic mass is 16.5. The van der Waals surface area contributed by atoms with Gasteiger partial charge in [-0.05, 0) is 110 Å². The molecule has 0 saturated heterocycles. The Morgan fingerprint density at radius 3 is 1.67 bits per heavy atom. The molecule has 6 aromatic carbocycles. The van der Waals surface area contributed by atoms with Crippen LogP contribution in [0, 0.1) is 6.33 Å². The second kappa shape index (κ2) is 16.6. The number of hydrogen-bond donors (Lipinski definition) is 0. The molecule has 3 heterocycles. The summed E-state index contributed by atoms with van der Waals surface area (Å²) in [5.74, 6) is 2.37. The van der Waals surface area contributed by atoms with Crippen molar-refractivity contribution in [1.29, 1.82) is 0 Å². The van der Waals surface area contributed by atoms with E-state index in [-0.39, 0.29) is 21.7 Å². The van der Waals surface area contributed by atoms with Gasteiger partial charge in [-0.25, -0.2) is 4.98 Å². The van der Waals surface area contributed by atoms with Crippen LogP contribution in [0.25, 0.3) is 39.0 Å². The highest BCUT2D eigenvalue weighted by Crippen LogP contribution is 2.41. The largest absolute Gasteiger partial charge is 0.458 e. The van der Waals surface area contributed by atoms with Gasteiger partial charge in [0.2, 0.25) is 0 Å². The number of benzene rings is 6. The maximum absolute atomic E-state index is 7.13. The van der Waals surface area contributed by atoms with Gasteiger partial charge in [0.1, 0.15) is 17.3 Å². The molecule has 3 aromatic heterocycles. The van der Waals surface area contributed by atoms with Crippen LogP contribution in [0.5, 0.6) is 11.5 Å². The molecular weight excluding hydrogens is 817 g/mol. The van der Waals surface area contributed by atoms with Crippen molar-refractivity contribution in [3.63, 3.8) is 0 Å². The number of ether oxygens (including phenoxy) is 1. The minimum atomic E-state index is -0.403. The molecule has 0 radical (unpaired) electrons. The van der Waals surface area contributed by atoms with E-state index in [1.165, 1.54) is 33.2 Å². The first-order valence-electron chi connectivity index (χ1n) is 23.8. The van der Waals surface area contributed by atoms with Gasteiger partial charge in [-0.3, -0.25) is 13.7 Å².